The Morgan fingerprint density at radius 2 is 1.98 bits per heavy atom. The molecule has 8 rings (SSSR count). The van der Waals surface area contributed by atoms with Gasteiger partial charge in [0.1, 0.15) is 17.2 Å². The molecule has 2 fully saturated rings. The van der Waals surface area contributed by atoms with E-state index in [2.05, 4.69) is 37.3 Å². The SMILES string of the molecule is C=Cc1nnc(-c2cnc3c(c2)nc(CN2CCC(c4cccc5c4OC(C)(c4ccc(Cl)cc4F)O5)CC2)n3C[C@@H]2CCO2)[nH]1. The van der Waals surface area contributed by atoms with Gasteiger partial charge in [-0.3, -0.25) is 4.90 Å². The van der Waals surface area contributed by atoms with E-state index in [4.69, 9.17) is 35.8 Å². The van der Waals surface area contributed by atoms with Gasteiger partial charge in [0.2, 0.25) is 0 Å². The normalized spacial score (nSPS) is 21.5. The topological polar surface area (TPSA) is 103 Å². The van der Waals surface area contributed by atoms with Crippen molar-refractivity contribution in [3.8, 4) is 22.9 Å². The van der Waals surface area contributed by atoms with Gasteiger partial charge in [-0.2, -0.15) is 0 Å². The first-order valence-corrected chi connectivity index (χ1v) is 16.0. The first-order valence-electron chi connectivity index (χ1n) is 15.6. The lowest BCUT2D eigenvalue weighted by atomic mass is 9.88. The van der Waals surface area contributed by atoms with E-state index in [0.29, 0.717) is 40.3 Å². The minimum Gasteiger partial charge on any atom is -0.444 e. The number of nitrogens with one attached hydrogen (secondary N) is 1. The first-order chi connectivity index (χ1) is 22.4. The summed E-state index contributed by atoms with van der Waals surface area (Å²) in [5.74, 6) is 2.07. The predicted octanol–water partition coefficient (Wildman–Crippen LogP) is 6.46. The molecular formula is C34H33ClFN7O3. The van der Waals surface area contributed by atoms with Crippen LogP contribution < -0.4 is 9.47 Å². The van der Waals surface area contributed by atoms with Gasteiger partial charge in [-0.05, 0) is 74.7 Å². The van der Waals surface area contributed by atoms with Crippen LogP contribution in [-0.4, -0.2) is 60.4 Å². The fourth-order valence-corrected chi connectivity index (χ4v) is 6.83. The van der Waals surface area contributed by atoms with Crippen LogP contribution in [0.2, 0.25) is 5.02 Å². The lowest BCUT2D eigenvalue weighted by Gasteiger charge is -2.33. The zero-order valence-electron chi connectivity index (χ0n) is 25.4. The molecule has 3 aromatic heterocycles. The quantitative estimate of drug-likeness (QED) is 0.206. The zero-order chi connectivity index (χ0) is 31.4. The molecular weight excluding hydrogens is 609 g/mol. The summed E-state index contributed by atoms with van der Waals surface area (Å²) >= 11 is 6.00. The van der Waals surface area contributed by atoms with E-state index >= 15 is 0 Å². The number of pyridine rings is 1. The largest absolute Gasteiger partial charge is 0.444 e. The molecule has 46 heavy (non-hydrogen) atoms. The number of aromatic amines is 1. The number of H-pyrrole nitrogens is 1. The molecule has 0 saturated carbocycles. The number of para-hydroxylation sites is 1. The number of nitrogens with zero attached hydrogens (tertiary/aromatic N) is 6. The Morgan fingerprint density at radius 1 is 1.13 bits per heavy atom. The van der Waals surface area contributed by atoms with Crippen molar-refractivity contribution in [2.45, 2.75) is 57.1 Å². The molecule has 0 radical (unpaired) electrons. The van der Waals surface area contributed by atoms with E-state index in [-0.39, 0.29) is 12.0 Å². The van der Waals surface area contributed by atoms with E-state index < -0.39 is 11.6 Å². The average Bonchev–Trinajstić information content (AvgIpc) is 3.74. The van der Waals surface area contributed by atoms with Gasteiger partial charge in [0.15, 0.2) is 28.8 Å². The minimum absolute atomic E-state index is 0.169. The van der Waals surface area contributed by atoms with Crippen molar-refractivity contribution < 1.29 is 18.6 Å². The lowest BCUT2D eigenvalue weighted by Crippen LogP contribution is -2.35. The van der Waals surface area contributed by atoms with Gasteiger partial charge in [-0.1, -0.05) is 30.3 Å². The van der Waals surface area contributed by atoms with E-state index in [0.717, 1.165) is 73.6 Å². The van der Waals surface area contributed by atoms with Crippen LogP contribution >= 0.6 is 11.6 Å². The van der Waals surface area contributed by atoms with Crippen molar-refractivity contribution in [2.75, 3.05) is 19.7 Å². The molecule has 2 atom stereocenters. The highest BCUT2D eigenvalue weighted by Gasteiger charge is 2.43. The predicted molar refractivity (Wildman–Crippen MR) is 171 cm³/mol. The monoisotopic (exact) mass is 641 g/mol. The van der Waals surface area contributed by atoms with Crippen LogP contribution in [0.5, 0.6) is 11.5 Å². The summed E-state index contributed by atoms with van der Waals surface area (Å²) in [6.07, 6.45) is 6.52. The van der Waals surface area contributed by atoms with Crippen LogP contribution in [0.1, 0.15) is 54.9 Å². The molecule has 2 saturated heterocycles. The molecule has 1 N–H and O–H groups in total. The number of fused-ring (bicyclic) bond motifs is 2. The van der Waals surface area contributed by atoms with E-state index in [1.54, 1.807) is 31.3 Å². The standard InChI is InChI=1S/C34H33ClFN7O3/c1-3-29-39-32(41-40-29)21-15-27-33(37-17-21)43(18-23-11-14-44-23)30(38-27)19-42-12-9-20(10-13-42)24-5-4-6-28-31(24)46-34(2,45-28)25-8-7-22(35)16-26(25)36/h3-8,15-17,20,23H,1,9-14,18-19H2,2H3,(H,39,40,41)/t23-,34?/m0/s1. The third kappa shape index (κ3) is 5.22. The highest BCUT2D eigenvalue weighted by Crippen LogP contribution is 2.50. The number of hydrogen-bond acceptors (Lipinski definition) is 8. The number of halogens is 2. The molecule has 0 amide bonds. The molecule has 236 valence electrons. The Kier molecular flexibility index (Phi) is 7.27. The summed E-state index contributed by atoms with van der Waals surface area (Å²) in [5, 5.41) is 8.64. The van der Waals surface area contributed by atoms with Crippen molar-refractivity contribution in [1.29, 1.82) is 0 Å². The molecule has 3 aliphatic rings. The van der Waals surface area contributed by atoms with Gasteiger partial charge >= 0.3 is 0 Å². The van der Waals surface area contributed by atoms with Crippen molar-refractivity contribution in [3.05, 3.63) is 88.9 Å². The van der Waals surface area contributed by atoms with Gasteiger partial charge in [0, 0.05) is 35.9 Å². The molecule has 5 aromatic rings. The number of rotatable bonds is 8. The zero-order valence-corrected chi connectivity index (χ0v) is 26.1. The van der Waals surface area contributed by atoms with Crippen LogP contribution in [0, 0.1) is 5.82 Å². The van der Waals surface area contributed by atoms with Crippen molar-refractivity contribution in [3.63, 3.8) is 0 Å². The number of imidazole rings is 1. The van der Waals surface area contributed by atoms with E-state index in [9.17, 15) is 4.39 Å². The van der Waals surface area contributed by atoms with Crippen molar-refractivity contribution >= 4 is 28.8 Å². The summed E-state index contributed by atoms with van der Waals surface area (Å²) < 4.78 is 35.5. The van der Waals surface area contributed by atoms with Crippen LogP contribution in [0.4, 0.5) is 4.39 Å². The Balaban J connectivity index is 0.999. The Labute approximate surface area is 270 Å². The Morgan fingerprint density at radius 3 is 2.72 bits per heavy atom. The summed E-state index contributed by atoms with van der Waals surface area (Å²) in [5.41, 5.74) is 3.88. The molecule has 0 aliphatic carbocycles. The van der Waals surface area contributed by atoms with Crippen LogP contribution in [-0.2, 0) is 23.6 Å². The molecule has 3 aliphatic heterocycles. The Bertz CT molecular complexity index is 1950. The van der Waals surface area contributed by atoms with Crippen LogP contribution in [0.15, 0.2) is 55.2 Å². The van der Waals surface area contributed by atoms with E-state index in [1.807, 2.05) is 18.2 Å². The second-order valence-electron chi connectivity index (χ2n) is 12.2. The van der Waals surface area contributed by atoms with Crippen LogP contribution in [0.3, 0.4) is 0 Å². The summed E-state index contributed by atoms with van der Waals surface area (Å²) in [4.78, 5) is 15.5. The third-order valence-corrected chi connectivity index (χ3v) is 9.47. The summed E-state index contributed by atoms with van der Waals surface area (Å²) in [6, 6.07) is 12.5. The number of piperidine rings is 1. The van der Waals surface area contributed by atoms with Gasteiger partial charge in [-0.25, -0.2) is 14.4 Å². The smallest absolute Gasteiger partial charge is 0.278 e. The Hall–Kier alpha value is -4.32. The number of ether oxygens (including phenoxy) is 3. The molecule has 10 nitrogen and oxygen atoms in total. The number of hydrogen-bond donors (Lipinski definition) is 1. The first kappa shape index (κ1) is 29.1. The molecule has 1 unspecified atom stereocenters. The maximum absolute atomic E-state index is 14.9. The second kappa shape index (κ2) is 11.5. The van der Waals surface area contributed by atoms with Gasteiger partial charge in [-0.15, -0.1) is 10.2 Å². The fourth-order valence-electron chi connectivity index (χ4n) is 6.67. The third-order valence-electron chi connectivity index (χ3n) is 9.24. The maximum atomic E-state index is 14.9. The van der Waals surface area contributed by atoms with Crippen LogP contribution in [0.25, 0.3) is 28.6 Å². The fraction of sp³-hybridized carbons (Fsp3) is 0.353. The van der Waals surface area contributed by atoms with Crippen molar-refractivity contribution in [1.82, 2.24) is 34.6 Å². The second-order valence-corrected chi connectivity index (χ2v) is 12.7. The summed E-state index contributed by atoms with van der Waals surface area (Å²) in [6.45, 7) is 9.49. The molecule has 2 aromatic carbocycles. The van der Waals surface area contributed by atoms with E-state index in [1.165, 1.54) is 6.07 Å². The summed E-state index contributed by atoms with van der Waals surface area (Å²) in [7, 11) is 0. The number of benzene rings is 2. The van der Waals surface area contributed by atoms with Gasteiger partial charge < -0.3 is 23.8 Å². The number of likely N-dealkylation sites (tertiary alicyclic amines) is 1. The average molecular weight is 642 g/mol. The molecule has 0 spiro atoms. The molecule has 12 heteroatoms. The van der Waals surface area contributed by atoms with Crippen molar-refractivity contribution in [2.24, 2.45) is 0 Å². The lowest BCUT2D eigenvalue weighted by molar-refractivity contribution is -0.0712. The molecule has 6 heterocycles. The minimum atomic E-state index is -1.27. The highest BCUT2D eigenvalue weighted by molar-refractivity contribution is 6.30. The number of aromatic nitrogens is 6. The van der Waals surface area contributed by atoms with Gasteiger partial charge in [0.05, 0.1) is 24.8 Å². The maximum Gasteiger partial charge on any atom is 0.278 e. The van der Waals surface area contributed by atoms with Gasteiger partial charge in [0.25, 0.3) is 5.79 Å². The highest BCUT2D eigenvalue weighted by atomic mass is 35.5. The molecule has 0 bridgehead atoms.